The van der Waals surface area contributed by atoms with Crippen LogP contribution in [0.2, 0.25) is 0 Å². The fourth-order valence-electron chi connectivity index (χ4n) is 2.70. The molecule has 1 saturated heterocycles. The van der Waals surface area contributed by atoms with E-state index in [1.165, 1.54) is 16.2 Å². The lowest BCUT2D eigenvalue weighted by Gasteiger charge is -2.33. The molecule has 3 rings (SSSR count). The molecule has 2 heterocycles. The van der Waals surface area contributed by atoms with Crippen LogP contribution < -0.4 is 10.6 Å². The lowest BCUT2D eigenvalue weighted by Crippen LogP contribution is -2.58. The van der Waals surface area contributed by atoms with Crippen LogP contribution in [0.25, 0.3) is 0 Å². The number of nitrogens with one attached hydrogen (secondary N) is 2. The van der Waals surface area contributed by atoms with Crippen LogP contribution in [0.1, 0.15) is 29.8 Å². The van der Waals surface area contributed by atoms with Crippen LogP contribution in [0, 0.1) is 0 Å². The summed E-state index contributed by atoms with van der Waals surface area (Å²) in [5, 5.41) is 15.2. The Morgan fingerprint density at radius 1 is 1.29 bits per heavy atom. The van der Waals surface area contributed by atoms with Crippen molar-refractivity contribution in [1.29, 1.82) is 0 Å². The molecule has 3 N–H and O–H groups in total. The minimum atomic E-state index is -1.25. The Kier molecular flexibility index (Phi) is 3.81. The van der Waals surface area contributed by atoms with Gasteiger partial charge in [0, 0.05) is 30.9 Å². The lowest BCUT2D eigenvalue weighted by molar-refractivity contribution is -0.148. The van der Waals surface area contributed by atoms with Crippen molar-refractivity contribution in [3.63, 3.8) is 0 Å². The van der Waals surface area contributed by atoms with Gasteiger partial charge in [-0.1, -0.05) is 0 Å². The summed E-state index contributed by atoms with van der Waals surface area (Å²) in [5.74, 6) is -1.03. The summed E-state index contributed by atoms with van der Waals surface area (Å²) >= 11 is 1.46. The number of nitrogens with zero attached hydrogens (tertiary/aromatic N) is 1. The number of anilines is 1. The summed E-state index contributed by atoms with van der Waals surface area (Å²) in [6, 6.07) is -0.522. The molecule has 0 bridgehead atoms. The highest BCUT2D eigenvalue weighted by Gasteiger charge is 2.41. The number of aromatic nitrogens is 1. The molecule has 1 aromatic rings. The van der Waals surface area contributed by atoms with Gasteiger partial charge in [0.2, 0.25) is 0 Å². The zero-order valence-electron chi connectivity index (χ0n) is 11.5. The van der Waals surface area contributed by atoms with Crippen molar-refractivity contribution < 1.29 is 19.4 Å². The van der Waals surface area contributed by atoms with Crippen LogP contribution in [-0.4, -0.2) is 40.8 Å². The highest BCUT2D eigenvalue weighted by molar-refractivity contribution is 7.15. The molecule has 1 aromatic heterocycles. The molecule has 0 unspecified atom stereocenters. The van der Waals surface area contributed by atoms with E-state index in [1.807, 2.05) is 0 Å². The Labute approximate surface area is 125 Å². The molecule has 2 aliphatic rings. The summed E-state index contributed by atoms with van der Waals surface area (Å²) in [7, 11) is 0. The van der Waals surface area contributed by atoms with Crippen LogP contribution in [0.4, 0.5) is 9.93 Å². The molecule has 1 aliphatic carbocycles. The van der Waals surface area contributed by atoms with Crippen LogP contribution in [0.3, 0.4) is 0 Å². The van der Waals surface area contributed by atoms with Gasteiger partial charge in [0.15, 0.2) is 5.13 Å². The Balaban J connectivity index is 1.65. The number of aliphatic carboxylic acids is 1. The van der Waals surface area contributed by atoms with E-state index in [4.69, 9.17) is 4.74 Å². The number of ether oxygens (including phenoxy) is 1. The number of hydrogen-bond donors (Lipinski definition) is 3. The Morgan fingerprint density at radius 3 is 2.71 bits per heavy atom. The first-order chi connectivity index (χ1) is 10.1. The number of urea groups is 1. The predicted octanol–water partition coefficient (Wildman–Crippen LogP) is 1.39. The van der Waals surface area contributed by atoms with Gasteiger partial charge in [0.25, 0.3) is 0 Å². The molecule has 1 fully saturated rings. The second-order valence-corrected chi connectivity index (χ2v) is 6.40. The van der Waals surface area contributed by atoms with E-state index in [2.05, 4.69) is 15.6 Å². The highest BCUT2D eigenvalue weighted by atomic mass is 32.1. The second kappa shape index (κ2) is 5.61. The number of carboxylic acids is 1. The molecular weight excluding hydrogens is 294 g/mol. The quantitative estimate of drug-likeness (QED) is 0.783. The van der Waals surface area contributed by atoms with Crippen molar-refractivity contribution in [3.05, 3.63) is 10.6 Å². The van der Waals surface area contributed by atoms with Crippen LogP contribution in [0.5, 0.6) is 0 Å². The number of rotatable bonds is 3. The fourth-order valence-corrected chi connectivity index (χ4v) is 3.75. The number of carbonyl (C=O) groups excluding carboxylic acids is 1. The third kappa shape index (κ3) is 2.86. The summed E-state index contributed by atoms with van der Waals surface area (Å²) in [6.45, 7) is 0.663. The Morgan fingerprint density at radius 2 is 2.05 bits per heavy atom. The molecule has 21 heavy (non-hydrogen) atoms. The van der Waals surface area contributed by atoms with Crippen molar-refractivity contribution in [1.82, 2.24) is 10.3 Å². The predicted molar refractivity (Wildman–Crippen MR) is 76.7 cm³/mol. The largest absolute Gasteiger partial charge is 0.480 e. The van der Waals surface area contributed by atoms with Gasteiger partial charge in [-0.05, 0) is 19.3 Å². The van der Waals surface area contributed by atoms with Crippen LogP contribution >= 0.6 is 11.3 Å². The maximum atomic E-state index is 12.1. The van der Waals surface area contributed by atoms with E-state index in [0.717, 1.165) is 25.0 Å². The SMILES string of the molecule is O=C(Nc1nc2c(s1)CCC2)NC1(C(=O)O)CCOCC1. The fraction of sp³-hybridized carbons (Fsp3) is 0.615. The molecule has 0 spiro atoms. The molecule has 2 amide bonds. The van der Waals surface area contributed by atoms with Gasteiger partial charge in [-0.25, -0.2) is 14.6 Å². The first kappa shape index (κ1) is 14.3. The normalized spacial score (nSPS) is 19.8. The number of thiazole rings is 1. The second-order valence-electron chi connectivity index (χ2n) is 5.32. The number of carboxylic acid groups (broad SMARTS) is 1. The van der Waals surface area contributed by atoms with Gasteiger partial charge in [0.05, 0.1) is 5.69 Å². The molecule has 1 aliphatic heterocycles. The minimum Gasteiger partial charge on any atom is -0.480 e. The first-order valence-electron chi connectivity index (χ1n) is 6.98. The molecule has 8 heteroatoms. The Bertz CT molecular complexity index is 544. The van der Waals surface area contributed by atoms with Gasteiger partial charge < -0.3 is 15.2 Å². The summed E-state index contributed by atoms with van der Waals surface area (Å²) in [4.78, 5) is 29.1. The van der Waals surface area contributed by atoms with Crippen LogP contribution in [-0.2, 0) is 22.4 Å². The van der Waals surface area contributed by atoms with Crippen molar-refractivity contribution >= 4 is 28.5 Å². The summed E-state index contributed by atoms with van der Waals surface area (Å²) in [6.07, 6.45) is 3.61. The molecular formula is C13H17N3O4S. The molecule has 0 radical (unpaired) electrons. The number of fused-ring (bicyclic) bond motifs is 1. The van der Waals surface area contributed by atoms with E-state index in [0.29, 0.717) is 18.3 Å². The summed E-state index contributed by atoms with van der Waals surface area (Å²) < 4.78 is 5.17. The maximum absolute atomic E-state index is 12.1. The number of aryl methyl sites for hydroxylation is 2. The molecule has 7 nitrogen and oxygen atoms in total. The van der Waals surface area contributed by atoms with Gasteiger partial charge in [0.1, 0.15) is 5.54 Å². The van der Waals surface area contributed by atoms with Gasteiger partial charge in [-0.3, -0.25) is 5.32 Å². The third-order valence-corrected chi connectivity index (χ3v) is 5.00. The number of hydrogen-bond acceptors (Lipinski definition) is 5. The van der Waals surface area contributed by atoms with Gasteiger partial charge >= 0.3 is 12.0 Å². The lowest BCUT2D eigenvalue weighted by atomic mass is 9.90. The molecule has 114 valence electrons. The van der Waals surface area contributed by atoms with Crippen molar-refractivity contribution in [2.45, 2.75) is 37.6 Å². The van der Waals surface area contributed by atoms with E-state index in [-0.39, 0.29) is 12.8 Å². The zero-order valence-corrected chi connectivity index (χ0v) is 12.3. The van der Waals surface area contributed by atoms with Gasteiger partial charge in [-0.15, -0.1) is 11.3 Å². The third-order valence-electron chi connectivity index (χ3n) is 3.92. The summed E-state index contributed by atoms with van der Waals surface area (Å²) in [5.41, 5.74) is -0.197. The minimum absolute atomic E-state index is 0.268. The molecule has 0 saturated carbocycles. The van der Waals surface area contributed by atoms with E-state index in [1.54, 1.807) is 0 Å². The average molecular weight is 311 g/mol. The topological polar surface area (TPSA) is 101 Å². The highest BCUT2D eigenvalue weighted by Crippen LogP contribution is 2.30. The van der Waals surface area contributed by atoms with Crippen molar-refractivity contribution in [2.75, 3.05) is 18.5 Å². The van der Waals surface area contributed by atoms with E-state index < -0.39 is 17.5 Å². The van der Waals surface area contributed by atoms with E-state index in [9.17, 15) is 14.7 Å². The Hall–Kier alpha value is -1.67. The standard InChI is InChI=1S/C13H17N3O4S/c17-10(18)13(4-6-20-7-5-13)16-11(19)15-12-14-8-2-1-3-9(8)21-12/h1-7H2,(H,17,18)(H2,14,15,16,19). The average Bonchev–Trinajstić information content (AvgIpc) is 3.00. The smallest absolute Gasteiger partial charge is 0.329 e. The monoisotopic (exact) mass is 311 g/mol. The molecule has 0 atom stereocenters. The van der Waals surface area contributed by atoms with Crippen molar-refractivity contribution in [2.24, 2.45) is 0 Å². The zero-order chi connectivity index (χ0) is 14.9. The molecule has 0 aromatic carbocycles. The number of amides is 2. The van der Waals surface area contributed by atoms with E-state index >= 15 is 0 Å². The first-order valence-corrected chi connectivity index (χ1v) is 7.80. The maximum Gasteiger partial charge on any atom is 0.329 e. The van der Waals surface area contributed by atoms with Crippen molar-refractivity contribution in [3.8, 4) is 0 Å². The van der Waals surface area contributed by atoms with Gasteiger partial charge in [-0.2, -0.15) is 0 Å². The van der Waals surface area contributed by atoms with Crippen LogP contribution in [0.15, 0.2) is 0 Å². The number of carbonyl (C=O) groups is 2.